The molecule has 1 fully saturated rings. The standard InChI is InChI=1S/C10H17F3N2O2/c1-8(2)5(4-6(8)16)15-7(17)9(3,14)10(11,12)13/h5-6,16H,4,14H2,1-3H3,(H,15,17). The number of aliphatic hydroxyl groups is 1. The lowest BCUT2D eigenvalue weighted by molar-refractivity contribution is -0.190. The maximum Gasteiger partial charge on any atom is 0.415 e. The number of nitrogens with two attached hydrogens (primary N) is 1. The molecule has 0 heterocycles. The van der Waals surface area contributed by atoms with Crippen LogP contribution in [-0.2, 0) is 4.79 Å². The summed E-state index contributed by atoms with van der Waals surface area (Å²) in [6.07, 6.45) is -5.18. The van der Waals surface area contributed by atoms with Crippen LogP contribution in [0.5, 0.6) is 0 Å². The van der Waals surface area contributed by atoms with Crippen LogP contribution in [0.2, 0.25) is 0 Å². The van der Waals surface area contributed by atoms with Crippen LogP contribution in [0.3, 0.4) is 0 Å². The fourth-order valence-electron chi connectivity index (χ4n) is 1.58. The minimum absolute atomic E-state index is 0.243. The highest BCUT2D eigenvalue weighted by Gasteiger charge is 2.56. The number of carbonyl (C=O) groups excluding carboxylic acids is 1. The van der Waals surface area contributed by atoms with Crippen LogP contribution < -0.4 is 11.1 Å². The van der Waals surface area contributed by atoms with Gasteiger partial charge in [0.2, 0.25) is 5.91 Å². The van der Waals surface area contributed by atoms with Crippen molar-refractivity contribution in [2.45, 2.75) is 51.1 Å². The van der Waals surface area contributed by atoms with Crippen molar-refractivity contribution >= 4 is 5.91 Å². The third kappa shape index (κ3) is 2.26. The van der Waals surface area contributed by atoms with Crippen molar-refractivity contribution in [1.82, 2.24) is 5.32 Å². The van der Waals surface area contributed by atoms with Crippen molar-refractivity contribution < 1.29 is 23.1 Å². The zero-order valence-corrected chi connectivity index (χ0v) is 9.93. The summed E-state index contributed by atoms with van der Waals surface area (Å²) in [5.41, 5.74) is 1.45. The van der Waals surface area contributed by atoms with E-state index in [1.807, 2.05) is 0 Å². The van der Waals surface area contributed by atoms with Crippen molar-refractivity contribution in [3.8, 4) is 0 Å². The highest BCUT2D eigenvalue weighted by atomic mass is 19.4. The molecule has 3 atom stereocenters. The molecule has 0 spiro atoms. The average molecular weight is 254 g/mol. The van der Waals surface area contributed by atoms with Crippen molar-refractivity contribution in [2.75, 3.05) is 0 Å². The van der Waals surface area contributed by atoms with Crippen LogP contribution >= 0.6 is 0 Å². The van der Waals surface area contributed by atoms with Gasteiger partial charge < -0.3 is 16.2 Å². The summed E-state index contributed by atoms with van der Waals surface area (Å²) in [7, 11) is 0. The average Bonchev–Trinajstić information content (AvgIpc) is 2.15. The normalized spacial score (nSPS) is 31.3. The molecule has 7 heteroatoms. The third-order valence-electron chi connectivity index (χ3n) is 3.58. The Hall–Kier alpha value is -0.820. The summed E-state index contributed by atoms with van der Waals surface area (Å²) in [5, 5.41) is 11.7. The van der Waals surface area contributed by atoms with Crippen LogP contribution in [0.15, 0.2) is 0 Å². The lowest BCUT2D eigenvalue weighted by Crippen LogP contribution is -2.68. The molecular weight excluding hydrogens is 237 g/mol. The minimum atomic E-state index is -4.80. The molecule has 4 N–H and O–H groups in total. The van der Waals surface area contributed by atoms with Crippen LogP contribution in [0.25, 0.3) is 0 Å². The van der Waals surface area contributed by atoms with E-state index in [2.05, 4.69) is 5.32 Å². The number of halogens is 3. The summed E-state index contributed by atoms with van der Waals surface area (Å²) >= 11 is 0. The molecule has 100 valence electrons. The molecule has 0 bridgehead atoms. The largest absolute Gasteiger partial charge is 0.415 e. The van der Waals surface area contributed by atoms with Gasteiger partial charge in [-0.3, -0.25) is 4.79 Å². The van der Waals surface area contributed by atoms with Gasteiger partial charge in [0.25, 0.3) is 0 Å². The molecule has 0 aromatic carbocycles. The fourth-order valence-corrected chi connectivity index (χ4v) is 1.58. The second-order valence-electron chi connectivity index (χ2n) is 5.30. The van der Waals surface area contributed by atoms with E-state index in [-0.39, 0.29) is 6.42 Å². The van der Waals surface area contributed by atoms with E-state index < -0.39 is 35.2 Å². The van der Waals surface area contributed by atoms with Gasteiger partial charge in [0.15, 0.2) is 5.54 Å². The first-order valence-electron chi connectivity index (χ1n) is 5.25. The van der Waals surface area contributed by atoms with E-state index in [9.17, 15) is 23.1 Å². The number of amides is 1. The van der Waals surface area contributed by atoms with Gasteiger partial charge >= 0.3 is 6.18 Å². The monoisotopic (exact) mass is 254 g/mol. The SMILES string of the molecule is CC1(C)C(O)CC1NC(=O)C(C)(N)C(F)(F)F. The number of alkyl halides is 3. The molecular formula is C10H17F3N2O2. The molecule has 17 heavy (non-hydrogen) atoms. The van der Waals surface area contributed by atoms with Gasteiger partial charge in [-0.15, -0.1) is 0 Å². The summed E-state index contributed by atoms with van der Waals surface area (Å²) in [6, 6.07) is -0.491. The molecule has 3 unspecified atom stereocenters. The molecule has 0 aromatic rings. The Balaban J connectivity index is 2.69. The topological polar surface area (TPSA) is 75.3 Å². The second-order valence-corrected chi connectivity index (χ2v) is 5.30. The second kappa shape index (κ2) is 3.84. The number of nitrogens with one attached hydrogen (secondary N) is 1. The molecule has 4 nitrogen and oxygen atoms in total. The molecule has 0 aliphatic heterocycles. The third-order valence-corrected chi connectivity index (χ3v) is 3.58. The maximum atomic E-state index is 12.5. The highest BCUT2D eigenvalue weighted by molar-refractivity contribution is 5.87. The molecule has 0 saturated heterocycles. The molecule has 1 saturated carbocycles. The molecule has 1 rings (SSSR count). The minimum Gasteiger partial charge on any atom is -0.392 e. The van der Waals surface area contributed by atoms with E-state index in [0.29, 0.717) is 6.92 Å². The zero-order valence-electron chi connectivity index (χ0n) is 9.93. The van der Waals surface area contributed by atoms with Gasteiger partial charge in [-0.1, -0.05) is 13.8 Å². The predicted octanol–water partition coefficient (Wildman–Crippen LogP) is 0.542. The van der Waals surface area contributed by atoms with Crippen LogP contribution in [0.1, 0.15) is 27.2 Å². The van der Waals surface area contributed by atoms with Crippen LogP contribution in [0.4, 0.5) is 13.2 Å². The summed E-state index contributed by atoms with van der Waals surface area (Å²) < 4.78 is 37.5. The fraction of sp³-hybridized carbons (Fsp3) is 0.900. The summed E-state index contributed by atoms with van der Waals surface area (Å²) in [4.78, 5) is 11.5. The van der Waals surface area contributed by atoms with Crippen molar-refractivity contribution in [3.63, 3.8) is 0 Å². The molecule has 1 aliphatic carbocycles. The lowest BCUT2D eigenvalue weighted by Gasteiger charge is -2.50. The Labute approximate surface area is 97.4 Å². The number of rotatable bonds is 2. The Morgan fingerprint density at radius 2 is 1.94 bits per heavy atom. The van der Waals surface area contributed by atoms with Gasteiger partial charge in [-0.25, -0.2) is 0 Å². The lowest BCUT2D eigenvalue weighted by atomic mass is 9.64. The van der Waals surface area contributed by atoms with Gasteiger partial charge in [-0.2, -0.15) is 13.2 Å². The predicted molar refractivity (Wildman–Crippen MR) is 55.0 cm³/mol. The van der Waals surface area contributed by atoms with Crippen LogP contribution in [-0.4, -0.2) is 34.9 Å². The van der Waals surface area contributed by atoms with E-state index in [1.165, 1.54) is 0 Å². The summed E-state index contributed by atoms with van der Waals surface area (Å²) in [6.45, 7) is 3.98. The number of aliphatic hydroxyl groups excluding tert-OH is 1. The highest BCUT2D eigenvalue weighted by Crippen LogP contribution is 2.41. The smallest absolute Gasteiger partial charge is 0.392 e. The first-order valence-corrected chi connectivity index (χ1v) is 5.25. The van der Waals surface area contributed by atoms with Gasteiger partial charge in [-0.05, 0) is 13.3 Å². The maximum absolute atomic E-state index is 12.5. The quantitative estimate of drug-likeness (QED) is 0.673. The Bertz CT molecular complexity index is 326. The van der Waals surface area contributed by atoms with E-state index in [1.54, 1.807) is 13.8 Å². The number of hydrogen-bond donors (Lipinski definition) is 3. The first kappa shape index (κ1) is 14.2. The first-order chi connectivity index (χ1) is 7.40. The molecule has 0 radical (unpaired) electrons. The molecule has 0 aromatic heterocycles. The van der Waals surface area contributed by atoms with Gasteiger partial charge in [0, 0.05) is 11.5 Å². The Kier molecular flexibility index (Phi) is 3.22. The van der Waals surface area contributed by atoms with Crippen molar-refractivity contribution in [3.05, 3.63) is 0 Å². The summed E-state index contributed by atoms with van der Waals surface area (Å²) in [5.74, 6) is -1.27. The van der Waals surface area contributed by atoms with E-state index >= 15 is 0 Å². The zero-order chi connectivity index (χ0) is 13.6. The van der Waals surface area contributed by atoms with Crippen molar-refractivity contribution in [1.29, 1.82) is 0 Å². The van der Waals surface area contributed by atoms with Gasteiger partial charge in [0.1, 0.15) is 0 Å². The van der Waals surface area contributed by atoms with Crippen molar-refractivity contribution in [2.24, 2.45) is 11.1 Å². The Morgan fingerprint density at radius 3 is 2.24 bits per heavy atom. The van der Waals surface area contributed by atoms with E-state index in [0.717, 1.165) is 0 Å². The molecule has 1 aliphatic rings. The number of carbonyl (C=O) groups is 1. The van der Waals surface area contributed by atoms with Crippen LogP contribution in [0, 0.1) is 5.41 Å². The molecule has 1 amide bonds. The number of hydrogen-bond acceptors (Lipinski definition) is 3. The Morgan fingerprint density at radius 1 is 1.47 bits per heavy atom. The van der Waals surface area contributed by atoms with Gasteiger partial charge in [0.05, 0.1) is 6.10 Å². The van der Waals surface area contributed by atoms with E-state index in [4.69, 9.17) is 5.73 Å².